The number of amides is 3. The molecule has 3 amide bonds. The van der Waals surface area contributed by atoms with Crippen molar-refractivity contribution in [2.24, 2.45) is 11.8 Å². The number of carboxylic acid groups (broad SMARTS) is 1. The maximum Gasteiger partial charge on any atom is 0.307 e. The Morgan fingerprint density at radius 2 is 1.65 bits per heavy atom. The maximum absolute atomic E-state index is 12.3. The summed E-state index contributed by atoms with van der Waals surface area (Å²) < 4.78 is 0. The van der Waals surface area contributed by atoms with Crippen molar-refractivity contribution in [1.82, 2.24) is 15.5 Å². The van der Waals surface area contributed by atoms with Gasteiger partial charge in [-0.2, -0.15) is 0 Å². The van der Waals surface area contributed by atoms with E-state index in [2.05, 4.69) is 10.6 Å². The zero-order valence-electron chi connectivity index (χ0n) is 18.4. The van der Waals surface area contributed by atoms with Gasteiger partial charge in [-0.3, -0.25) is 28.9 Å². The van der Waals surface area contributed by atoms with Crippen LogP contribution in [-0.4, -0.2) is 65.2 Å². The summed E-state index contributed by atoms with van der Waals surface area (Å²) in [6.45, 7) is 2.76. The lowest BCUT2D eigenvalue weighted by atomic mass is 9.78. The molecule has 0 spiro atoms. The van der Waals surface area contributed by atoms with Crippen LogP contribution in [0.5, 0.6) is 0 Å². The average molecular weight is 438 g/mol. The van der Waals surface area contributed by atoms with Crippen LogP contribution in [0.1, 0.15) is 71.1 Å². The van der Waals surface area contributed by atoms with Crippen LogP contribution in [0, 0.1) is 11.8 Å². The first-order chi connectivity index (χ1) is 14.8. The Balaban J connectivity index is 1.54. The number of likely N-dealkylation sites (tertiary alicyclic amines) is 1. The second-order valence-corrected chi connectivity index (χ2v) is 8.59. The summed E-state index contributed by atoms with van der Waals surface area (Å²) in [6.07, 6.45) is 6.82. The molecule has 3 atom stereocenters. The van der Waals surface area contributed by atoms with Crippen LogP contribution in [0.2, 0.25) is 0 Å². The lowest BCUT2D eigenvalue weighted by Crippen LogP contribution is -2.40. The van der Waals surface area contributed by atoms with Gasteiger partial charge in [0.2, 0.25) is 17.7 Å². The Morgan fingerprint density at radius 3 is 2.29 bits per heavy atom. The SMILES string of the molecule is CC(=O)CCN1C(=O)CC(NCCCCCCNC(=O)C2CCCCC2C(=O)O)C1=O. The topological polar surface area (TPSA) is 133 Å². The minimum absolute atomic E-state index is 0.0476. The number of carboxylic acids is 1. The average Bonchev–Trinajstić information content (AvgIpc) is 3.00. The van der Waals surface area contributed by atoms with E-state index in [1.807, 2.05) is 0 Å². The van der Waals surface area contributed by atoms with Gasteiger partial charge in [0.25, 0.3) is 0 Å². The van der Waals surface area contributed by atoms with Crippen molar-refractivity contribution >= 4 is 29.5 Å². The summed E-state index contributed by atoms with van der Waals surface area (Å²) in [6, 6.07) is -0.503. The predicted molar refractivity (Wildman–Crippen MR) is 113 cm³/mol. The first-order valence-electron chi connectivity index (χ1n) is 11.4. The summed E-state index contributed by atoms with van der Waals surface area (Å²) in [4.78, 5) is 60.0. The first kappa shape index (κ1) is 25.0. The van der Waals surface area contributed by atoms with Gasteiger partial charge in [0.1, 0.15) is 5.78 Å². The van der Waals surface area contributed by atoms with Gasteiger partial charge in [0.15, 0.2) is 0 Å². The Bertz CT molecular complexity index is 680. The first-order valence-corrected chi connectivity index (χ1v) is 11.4. The van der Waals surface area contributed by atoms with Crippen LogP contribution in [-0.2, 0) is 24.0 Å². The molecular weight excluding hydrogens is 402 g/mol. The van der Waals surface area contributed by atoms with Crippen molar-refractivity contribution in [3.63, 3.8) is 0 Å². The zero-order chi connectivity index (χ0) is 22.8. The Morgan fingerprint density at radius 1 is 1.00 bits per heavy atom. The van der Waals surface area contributed by atoms with Gasteiger partial charge in [0, 0.05) is 19.5 Å². The minimum atomic E-state index is -0.878. The molecular formula is C22H35N3O6. The van der Waals surface area contributed by atoms with E-state index >= 15 is 0 Å². The van der Waals surface area contributed by atoms with Crippen molar-refractivity contribution in [2.45, 2.75) is 77.2 Å². The zero-order valence-corrected chi connectivity index (χ0v) is 18.4. The third-order valence-corrected chi connectivity index (χ3v) is 6.14. The molecule has 9 heteroatoms. The number of hydrogen-bond donors (Lipinski definition) is 3. The van der Waals surface area contributed by atoms with E-state index in [1.165, 1.54) is 11.8 Å². The fraction of sp³-hybridized carbons (Fsp3) is 0.773. The smallest absolute Gasteiger partial charge is 0.307 e. The normalized spacial score (nSPS) is 23.8. The molecule has 0 aromatic rings. The lowest BCUT2D eigenvalue weighted by Gasteiger charge is -2.27. The number of nitrogens with zero attached hydrogens (tertiary/aromatic N) is 1. The van der Waals surface area contributed by atoms with E-state index in [0.717, 1.165) is 38.5 Å². The fourth-order valence-electron chi connectivity index (χ4n) is 4.31. The number of aliphatic carboxylic acids is 1. The number of rotatable bonds is 13. The van der Waals surface area contributed by atoms with Gasteiger partial charge >= 0.3 is 5.97 Å². The molecule has 2 aliphatic rings. The second kappa shape index (κ2) is 12.5. The van der Waals surface area contributed by atoms with Crippen molar-refractivity contribution < 1.29 is 29.1 Å². The molecule has 1 saturated heterocycles. The summed E-state index contributed by atoms with van der Waals surface area (Å²) >= 11 is 0. The molecule has 2 rings (SSSR count). The van der Waals surface area contributed by atoms with Crippen LogP contribution in [0.15, 0.2) is 0 Å². The molecule has 2 fully saturated rings. The monoisotopic (exact) mass is 437 g/mol. The molecule has 0 bridgehead atoms. The lowest BCUT2D eigenvalue weighted by molar-refractivity contribution is -0.149. The standard InChI is InChI=1S/C22H35N3O6/c1-15(26)10-13-25-19(27)14-18(21(25)29)23-11-6-2-3-7-12-24-20(28)16-8-4-5-9-17(16)22(30)31/h16-18,23H,2-14H2,1H3,(H,24,28)(H,30,31). The molecule has 3 unspecified atom stereocenters. The highest BCUT2D eigenvalue weighted by atomic mass is 16.4. The van der Waals surface area contributed by atoms with Crippen molar-refractivity contribution in [3.8, 4) is 0 Å². The third kappa shape index (κ3) is 7.72. The number of hydrogen-bond acceptors (Lipinski definition) is 6. The number of nitrogens with one attached hydrogen (secondary N) is 2. The number of carbonyl (C=O) groups is 5. The van der Waals surface area contributed by atoms with E-state index < -0.39 is 23.8 Å². The number of unbranched alkanes of at least 4 members (excludes halogenated alkanes) is 3. The van der Waals surface area contributed by atoms with E-state index in [0.29, 0.717) is 25.9 Å². The summed E-state index contributed by atoms with van der Waals surface area (Å²) in [5.74, 6) is -2.54. The van der Waals surface area contributed by atoms with Crippen LogP contribution >= 0.6 is 0 Å². The molecule has 1 aliphatic carbocycles. The minimum Gasteiger partial charge on any atom is -0.481 e. The largest absolute Gasteiger partial charge is 0.481 e. The van der Waals surface area contributed by atoms with Crippen LogP contribution in [0.3, 0.4) is 0 Å². The predicted octanol–water partition coefficient (Wildman–Crippen LogP) is 1.25. The number of Topliss-reactive ketones (excluding diaryl/α,β-unsaturated/α-hetero) is 1. The molecule has 1 aliphatic heterocycles. The second-order valence-electron chi connectivity index (χ2n) is 8.59. The molecule has 174 valence electrons. The maximum atomic E-state index is 12.3. The van der Waals surface area contributed by atoms with Gasteiger partial charge < -0.3 is 15.7 Å². The molecule has 0 aromatic carbocycles. The molecule has 0 aromatic heterocycles. The van der Waals surface area contributed by atoms with Crippen molar-refractivity contribution in [1.29, 1.82) is 0 Å². The van der Waals surface area contributed by atoms with Gasteiger partial charge in [0.05, 0.1) is 24.3 Å². The molecule has 1 saturated carbocycles. The van der Waals surface area contributed by atoms with Crippen LogP contribution < -0.4 is 10.6 Å². The van der Waals surface area contributed by atoms with Gasteiger partial charge in [-0.25, -0.2) is 0 Å². The molecule has 3 N–H and O–H groups in total. The van der Waals surface area contributed by atoms with Gasteiger partial charge in [-0.15, -0.1) is 0 Å². The molecule has 31 heavy (non-hydrogen) atoms. The van der Waals surface area contributed by atoms with E-state index in [9.17, 15) is 29.1 Å². The highest BCUT2D eigenvalue weighted by Crippen LogP contribution is 2.30. The van der Waals surface area contributed by atoms with Crippen molar-refractivity contribution in [2.75, 3.05) is 19.6 Å². The number of ketones is 1. The molecule has 1 heterocycles. The van der Waals surface area contributed by atoms with Crippen molar-refractivity contribution in [3.05, 3.63) is 0 Å². The van der Waals surface area contributed by atoms with E-state index in [1.54, 1.807) is 0 Å². The van der Waals surface area contributed by atoms with Crippen LogP contribution in [0.25, 0.3) is 0 Å². The molecule has 0 radical (unpaired) electrons. The summed E-state index contributed by atoms with van der Waals surface area (Å²) in [5, 5.41) is 15.3. The van der Waals surface area contributed by atoms with Gasteiger partial charge in [-0.1, -0.05) is 25.7 Å². The number of carbonyl (C=O) groups excluding carboxylic acids is 4. The van der Waals surface area contributed by atoms with Gasteiger partial charge in [-0.05, 0) is 39.2 Å². The highest BCUT2D eigenvalue weighted by molar-refractivity contribution is 6.05. The van der Waals surface area contributed by atoms with Crippen LogP contribution in [0.4, 0.5) is 0 Å². The Labute approximate surface area is 183 Å². The number of imide groups is 1. The Kier molecular flexibility index (Phi) is 10.1. The quantitative estimate of drug-likeness (QED) is 0.292. The Hall–Kier alpha value is -2.29. The van der Waals surface area contributed by atoms with E-state index in [-0.39, 0.29) is 42.9 Å². The fourth-order valence-corrected chi connectivity index (χ4v) is 4.31. The third-order valence-electron chi connectivity index (χ3n) is 6.14. The summed E-state index contributed by atoms with van der Waals surface area (Å²) in [7, 11) is 0. The molecule has 9 nitrogen and oxygen atoms in total. The summed E-state index contributed by atoms with van der Waals surface area (Å²) in [5.41, 5.74) is 0. The van der Waals surface area contributed by atoms with E-state index in [4.69, 9.17) is 0 Å². The highest BCUT2D eigenvalue weighted by Gasteiger charge is 2.38.